The van der Waals surface area contributed by atoms with E-state index in [0.29, 0.717) is 5.02 Å². The number of dihydropyridines is 1. The minimum Gasteiger partial charge on any atom is -0.387 e. The summed E-state index contributed by atoms with van der Waals surface area (Å²) in [5.74, 6) is 7.09. The predicted octanol–water partition coefficient (Wildman–Crippen LogP) is 3.20. The van der Waals surface area contributed by atoms with Crippen LogP contribution in [0, 0.1) is 18.8 Å². The van der Waals surface area contributed by atoms with Gasteiger partial charge in [0.2, 0.25) is 0 Å². The summed E-state index contributed by atoms with van der Waals surface area (Å²) in [4.78, 5) is 4.48. The molecular weight excluding hydrogens is 282 g/mol. The lowest BCUT2D eigenvalue weighted by molar-refractivity contribution is 0.934. The van der Waals surface area contributed by atoms with E-state index in [0.717, 1.165) is 29.3 Å². The van der Waals surface area contributed by atoms with E-state index in [9.17, 15) is 0 Å². The van der Waals surface area contributed by atoms with Gasteiger partial charge in [-0.05, 0) is 49.4 Å². The maximum atomic E-state index is 5.95. The van der Waals surface area contributed by atoms with Crippen molar-refractivity contribution < 1.29 is 0 Å². The molecule has 3 rings (SSSR count). The Morgan fingerprint density at radius 1 is 1.33 bits per heavy atom. The van der Waals surface area contributed by atoms with Gasteiger partial charge < -0.3 is 9.88 Å². The third-order valence-electron chi connectivity index (χ3n) is 3.12. The number of imidazole rings is 1. The summed E-state index contributed by atoms with van der Waals surface area (Å²) in [6, 6.07) is 7.50. The van der Waals surface area contributed by atoms with Crippen LogP contribution in [0.4, 0.5) is 0 Å². The Hall–Kier alpha value is -2.44. The van der Waals surface area contributed by atoms with Gasteiger partial charge in [-0.1, -0.05) is 23.6 Å². The van der Waals surface area contributed by atoms with Crippen molar-refractivity contribution in [3.63, 3.8) is 0 Å². The molecule has 1 aliphatic heterocycles. The third kappa shape index (κ3) is 3.18. The zero-order valence-corrected chi connectivity index (χ0v) is 12.4. The molecule has 0 bridgehead atoms. The van der Waals surface area contributed by atoms with Crippen molar-refractivity contribution in [1.82, 2.24) is 14.9 Å². The first-order chi connectivity index (χ1) is 10.2. The number of benzene rings is 1. The summed E-state index contributed by atoms with van der Waals surface area (Å²) in [5, 5.41) is 3.82. The van der Waals surface area contributed by atoms with Crippen molar-refractivity contribution in [2.75, 3.05) is 6.54 Å². The second-order valence-corrected chi connectivity index (χ2v) is 5.11. The number of aryl methyl sites for hydroxylation is 1. The summed E-state index contributed by atoms with van der Waals surface area (Å²) in [5.41, 5.74) is 2.74. The number of hydrogen-bond donors (Lipinski definition) is 1. The highest BCUT2D eigenvalue weighted by atomic mass is 35.5. The van der Waals surface area contributed by atoms with E-state index in [-0.39, 0.29) is 0 Å². The van der Waals surface area contributed by atoms with Crippen LogP contribution in [0.2, 0.25) is 5.02 Å². The quantitative estimate of drug-likeness (QED) is 0.819. The average Bonchev–Trinajstić information content (AvgIpc) is 2.87. The summed E-state index contributed by atoms with van der Waals surface area (Å²) in [6.07, 6.45) is 8.02. The predicted molar refractivity (Wildman–Crippen MR) is 85.8 cm³/mol. The fourth-order valence-electron chi connectivity index (χ4n) is 2.12. The Kier molecular flexibility index (Phi) is 3.81. The zero-order chi connectivity index (χ0) is 14.7. The fourth-order valence-corrected chi connectivity index (χ4v) is 2.31. The van der Waals surface area contributed by atoms with E-state index in [4.69, 9.17) is 11.6 Å². The molecule has 0 amide bonds. The molecule has 1 N–H and O–H groups in total. The monoisotopic (exact) mass is 295 g/mol. The lowest BCUT2D eigenvalue weighted by Crippen LogP contribution is -2.11. The number of nitrogens with zero attached hydrogens (tertiary/aromatic N) is 2. The highest BCUT2D eigenvalue weighted by molar-refractivity contribution is 6.30. The number of hydrogen-bond acceptors (Lipinski definition) is 2. The summed E-state index contributed by atoms with van der Waals surface area (Å²) in [6.45, 7) is 2.80. The smallest absolute Gasteiger partial charge is 0.132 e. The maximum Gasteiger partial charge on any atom is 0.132 e. The number of aromatic nitrogens is 2. The van der Waals surface area contributed by atoms with Crippen LogP contribution in [0.15, 0.2) is 48.8 Å². The van der Waals surface area contributed by atoms with Crippen LogP contribution in [0.3, 0.4) is 0 Å². The molecule has 0 radical (unpaired) electrons. The van der Waals surface area contributed by atoms with Gasteiger partial charge in [-0.2, -0.15) is 0 Å². The Morgan fingerprint density at radius 2 is 2.24 bits per heavy atom. The molecule has 1 aromatic carbocycles. The summed E-state index contributed by atoms with van der Waals surface area (Å²) >= 11 is 5.95. The maximum absolute atomic E-state index is 5.95. The van der Waals surface area contributed by atoms with Gasteiger partial charge in [-0.25, -0.2) is 4.98 Å². The first kappa shape index (κ1) is 13.5. The topological polar surface area (TPSA) is 29.9 Å². The second kappa shape index (κ2) is 5.90. The van der Waals surface area contributed by atoms with Crippen LogP contribution in [-0.2, 0) is 0 Å². The molecular formula is C17H14ClN3. The van der Waals surface area contributed by atoms with Crippen LogP contribution >= 0.6 is 11.6 Å². The molecule has 2 aromatic rings. The first-order valence-electron chi connectivity index (χ1n) is 6.66. The van der Waals surface area contributed by atoms with E-state index in [1.165, 1.54) is 0 Å². The number of allylic oxidation sites excluding steroid dienone is 2. The third-order valence-corrected chi connectivity index (χ3v) is 3.36. The molecule has 0 fully saturated rings. The van der Waals surface area contributed by atoms with Gasteiger partial charge in [0.05, 0.1) is 0 Å². The van der Waals surface area contributed by atoms with Crippen molar-refractivity contribution in [3.8, 4) is 11.8 Å². The first-order valence-corrected chi connectivity index (χ1v) is 7.04. The van der Waals surface area contributed by atoms with Crippen LogP contribution in [-0.4, -0.2) is 16.1 Å². The SMILES string of the molecule is Cc1nc(C#Cc2cccc(Cl)c2)cn1C1=CCNC=C1. The Labute approximate surface area is 129 Å². The van der Waals surface area contributed by atoms with Crippen molar-refractivity contribution in [1.29, 1.82) is 0 Å². The molecule has 0 unspecified atom stereocenters. The van der Waals surface area contributed by atoms with Gasteiger partial charge in [0.1, 0.15) is 11.5 Å². The number of nitrogens with one attached hydrogen (secondary N) is 1. The van der Waals surface area contributed by atoms with Gasteiger partial charge >= 0.3 is 0 Å². The molecule has 104 valence electrons. The van der Waals surface area contributed by atoms with Crippen LogP contribution in [0.1, 0.15) is 17.1 Å². The molecule has 0 saturated carbocycles. The minimum atomic E-state index is 0.688. The molecule has 0 saturated heterocycles. The van der Waals surface area contributed by atoms with Crippen molar-refractivity contribution in [3.05, 3.63) is 70.9 Å². The summed E-state index contributed by atoms with van der Waals surface area (Å²) < 4.78 is 2.04. The van der Waals surface area contributed by atoms with Gasteiger partial charge in [0.15, 0.2) is 0 Å². The highest BCUT2D eigenvalue weighted by Crippen LogP contribution is 2.13. The Bertz CT molecular complexity index is 788. The van der Waals surface area contributed by atoms with Gasteiger partial charge in [0, 0.05) is 29.0 Å². The summed E-state index contributed by atoms with van der Waals surface area (Å²) in [7, 11) is 0. The van der Waals surface area contributed by atoms with Gasteiger partial charge in [-0.3, -0.25) is 0 Å². The molecule has 1 aromatic heterocycles. The highest BCUT2D eigenvalue weighted by Gasteiger charge is 2.06. The zero-order valence-electron chi connectivity index (χ0n) is 11.6. The minimum absolute atomic E-state index is 0.688. The van der Waals surface area contributed by atoms with Gasteiger partial charge in [-0.15, -0.1) is 0 Å². The van der Waals surface area contributed by atoms with Crippen molar-refractivity contribution in [2.45, 2.75) is 6.92 Å². The van der Waals surface area contributed by atoms with E-state index in [1.807, 2.05) is 54.2 Å². The van der Waals surface area contributed by atoms with Crippen LogP contribution < -0.4 is 5.32 Å². The molecule has 1 aliphatic rings. The molecule has 0 atom stereocenters. The van der Waals surface area contributed by atoms with E-state index >= 15 is 0 Å². The van der Waals surface area contributed by atoms with Crippen molar-refractivity contribution >= 4 is 17.3 Å². The van der Waals surface area contributed by atoms with Gasteiger partial charge in [0.25, 0.3) is 0 Å². The van der Waals surface area contributed by atoms with Crippen LogP contribution in [0.25, 0.3) is 5.70 Å². The standard InChI is InChI=1S/C17H14ClN3/c1-13-20-16(6-5-14-3-2-4-15(18)11-14)12-21(13)17-7-9-19-10-8-17/h2-4,7-9,11-12,19H,10H2,1H3. The lowest BCUT2D eigenvalue weighted by Gasteiger charge is -2.10. The Balaban J connectivity index is 1.88. The molecule has 3 nitrogen and oxygen atoms in total. The largest absolute Gasteiger partial charge is 0.387 e. The van der Waals surface area contributed by atoms with E-state index < -0.39 is 0 Å². The molecule has 0 aliphatic carbocycles. The number of halogens is 1. The molecule has 4 heteroatoms. The van der Waals surface area contributed by atoms with E-state index in [1.54, 1.807) is 0 Å². The Morgan fingerprint density at radius 3 is 3.00 bits per heavy atom. The average molecular weight is 296 g/mol. The molecule has 0 spiro atoms. The fraction of sp³-hybridized carbons (Fsp3) is 0.118. The molecule has 2 heterocycles. The lowest BCUT2D eigenvalue weighted by atomic mass is 10.2. The second-order valence-electron chi connectivity index (χ2n) is 4.67. The van der Waals surface area contributed by atoms with Crippen LogP contribution in [0.5, 0.6) is 0 Å². The molecule has 21 heavy (non-hydrogen) atoms. The normalized spacial score (nSPS) is 13.1. The van der Waals surface area contributed by atoms with Crippen molar-refractivity contribution in [2.24, 2.45) is 0 Å². The number of rotatable bonds is 1. The van der Waals surface area contributed by atoms with E-state index in [2.05, 4.69) is 28.2 Å².